The van der Waals surface area contributed by atoms with Crippen LogP contribution in [0.25, 0.3) is 0 Å². The minimum atomic E-state index is -3.62. The van der Waals surface area contributed by atoms with Gasteiger partial charge in [0.25, 0.3) is 10.0 Å². The molecular formula is C8H11N3O2S2. The van der Waals surface area contributed by atoms with E-state index in [0.29, 0.717) is 0 Å². The van der Waals surface area contributed by atoms with Gasteiger partial charge in [0.1, 0.15) is 0 Å². The summed E-state index contributed by atoms with van der Waals surface area (Å²) in [5.74, 6) is 4.96. The topological polar surface area (TPSA) is 84.2 Å². The molecule has 1 rings (SSSR count). The molecule has 0 aliphatic carbocycles. The molecule has 0 aliphatic heterocycles. The van der Waals surface area contributed by atoms with Crippen molar-refractivity contribution in [1.82, 2.24) is 10.1 Å². The zero-order chi connectivity index (χ0) is 11.5. The van der Waals surface area contributed by atoms with Crippen LogP contribution < -0.4 is 16.0 Å². The van der Waals surface area contributed by atoms with Crippen LogP contribution in [0.3, 0.4) is 0 Å². The molecule has 0 saturated heterocycles. The first kappa shape index (κ1) is 11.9. The van der Waals surface area contributed by atoms with Crippen LogP contribution in [0.4, 0.5) is 0 Å². The molecule has 0 bridgehead atoms. The van der Waals surface area contributed by atoms with E-state index in [2.05, 4.69) is 16.9 Å². The molecule has 0 heterocycles. The normalized spacial score (nSPS) is 10.8. The number of benzene rings is 1. The molecule has 0 aromatic heterocycles. The van der Waals surface area contributed by atoms with Gasteiger partial charge < -0.3 is 5.43 Å². The summed E-state index contributed by atoms with van der Waals surface area (Å²) in [7, 11) is -3.62. The van der Waals surface area contributed by atoms with Gasteiger partial charge in [0.2, 0.25) is 0 Å². The number of nitrogens with one attached hydrogen (secondary N) is 2. The first-order valence-corrected chi connectivity index (χ1v) is 5.95. The zero-order valence-corrected chi connectivity index (χ0v) is 9.65. The monoisotopic (exact) mass is 245 g/mol. The standard InChI is InChI=1S/C8H11N3O2S2/c1-6-2-4-7(5-3-6)15(12,13)11-8(14)10-9/h2-5H,9H2,1H3,(H2,10,11,14). The lowest BCUT2D eigenvalue weighted by Crippen LogP contribution is -2.42. The molecule has 0 aliphatic rings. The van der Waals surface area contributed by atoms with Gasteiger partial charge >= 0.3 is 0 Å². The predicted molar refractivity (Wildman–Crippen MR) is 61.4 cm³/mol. The smallest absolute Gasteiger partial charge is 0.263 e. The third kappa shape index (κ3) is 3.15. The Morgan fingerprint density at radius 3 is 2.33 bits per heavy atom. The maximum absolute atomic E-state index is 11.6. The van der Waals surface area contributed by atoms with E-state index in [9.17, 15) is 8.42 Å². The van der Waals surface area contributed by atoms with E-state index in [1.165, 1.54) is 12.1 Å². The van der Waals surface area contributed by atoms with Crippen molar-refractivity contribution < 1.29 is 8.42 Å². The van der Waals surface area contributed by atoms with Crippen molar-refractivity contribution in [2.45, 2.75) is 11.8 Å². The number of hydrazine groups is 1. The van der Waals surface area contributed by atoms with Crippen molar-refractivity contribution in [3.63, 3.8) is 0 Å². The Hall–Kier alpha value is -1.18. The van der Waals surface area contributed by atoms with E-state index in [1.54, 1.807) is 12.1 Å². The molecule has 1 aromatic rings. The van der Waals surface area contributed by atoms with Crippen molar-refractivity contribution in [1.29, 1.82) is 0 Å². The van der Waals surface area contributed by atoms with Crippen LogP contribution in [-0.4, -0.2) is 13.5 Å². The van der Waals surface area contributed by atoms with E-state index in [-0.39, 0.29) is 10.0 Å². The van der Waals surface area contributed by atoms with Gasteiger partial charge in [0.15, 0.2) is 5.11 Å². The number of sulfonamides is 1. The number of hydrogen-bond donors (Lipinski definition) is 3. The minimum absolute atomic E-state index is 0.143. The second-order valence-corrected chi connectivity index (χ2v) is 4.98. The fourth-order valence-corrected chi connectivity index (χ4v) is 2.17. The van der Waals surface area contributed by atoms with Gasteiger partial charge in [-0.3, -0.25) is 4.72 Å². The SMILES string of the molecule is Cc1ccc(S(=O)(=O)NC(=S)NN)cc1. The first-order chi connectivity index (χ1) is 6.95. The molecule has 0 atom stereocenters. The zero-order valence-electron chi connectivity index (χ0n) is 8.02. The molecule has 0 spiro atoms. The highest BCUT2D eigenvalue weighted by Crippen LogP contribution is 2.09. The average molecular weight is 245 g/mol. The molecule has 1 aromatic carbocycles. The minimum Gasteiger partial charge on any atom is -0.300 e. The molecule has 15 heavy (non-hydrogen) atoms. The van der Waals surface area contributed by atoms with Crippen molar-refractivity contribution in [2.24, 2.45) is 5.84 Å². The molecule has 0 saturated carbocycles. The largest absolute Gasteiger partial charge is 0.300 e. The number of thiocarbonyl (C=S) groups is 1. The van der Waals surface area contributed by atoms with Crippen LogP contribution in [0.15, 0.2) is 29.2 Å². The maximum atomic E-state index is 11.6. The van der Waals surface area contributed by atoms with E-state index in [0.717, 1.165) is 5.56 Å². The molecule has 5 nitrogen and oxygen atoms in total. The highest BCUT2D eigenvalue weighted by Gasteiger charge is 2.14. The summed E-state index contributed by atoms with van der Waals surface area (Å²) in [4.78, 5) is 0.144. The van der Waals surface area contributed by atoms with Crippen LogP contribution in [-0.2, 0) is 10.0 Å². The Morgan fingerprint density at radius 2 is 1.87 bits per heavy atom. The predicted octanol–water partition coefficient (Wildman–Crippen LogP) is 0.0215. The quantitative estimate of drug-likeness (QED) is 0.389. The summed E-state index contributed by atoms with van der Waals surface area (Å²) in [5, 5.41) is -0.143. The Balaban J connectivity index is 2.96. The van der Waals surface area contributed by atoms with Gasteiger partial charge in [-0.2, -0.15) is 0 Å². The van der Waals surface area contributed by atoms with Crippen molar-refractivity contribution in [3.8, 4) is 0 Å². The Labute approximate surface area is 93.7 Å². The van der Waals surface area contributed by atoms with Crippen LogP contribution in [0.2, 0.25) is 0 Å². The highest BCUT2D eigenvalue weighted by molar-refractivity contribution is 7.91. The molecule has 0 amide bonds. The lowest BCUT2D eigenvalue weighted by atomic mass is 10.2. The van der Waals surface area contributed by atoms with Gasteiger partial charge in [0, 0.05) is 0 Å². The van der Waals surface area contributed by atoms with Crippen molar-refractivity contribution >= 4 is 27.4 Å². The van der Waals surface area contributed by atoms with E-state index < -0.39 is 10.0 Å². The lowest BCUT2D eigenvalue weighted by Gasteiger charge is -2.07. The molecule has 4 N–H and O–H groups in total. The van der Waals surface area contributed by atoms with E-state index >= 15 is 0 Å². The number of rotatable bonds is 2. The molecule has 0 unspecified atom stereocenters. The third-order valence-electron chi connectivity index (χ3n) is 1.69. The van der Waals surface area contributed by atoms with Crippen molar-refractivity contribution in [2.75, 3.05) is 0 Å². The molecule has 0 fully saturated rings. The maximum Gasteiger partial charge on any atom is 0.263 e. The van der Waals surface area contributed by atoms with E-state index in [1.807, 2.05) is 12.3 Å². The molecular weight excluding hydrogens is 234 g/mol. The summed E-state index contributed by atoms with van der Waals surface area (Å²) in [6, 6.07) is 6.40. The fraction of sp³-hybridized carbons (Fsp3) is 0.125. The third-order valence-corrected chi connectivity index (χ3v) is 3.40. The average Bonchev–Trinajstić information content (AvgIpc) is 2.17. The van der Waals surface area contributed by atoms with Crippen LogP contribution in [0.5, 0.6) is 0 Å². The Kier molecular flexibility index (Phi) is 3.61. The second kappa shape index (κ2) is 4.56. The summed E-state index contributed by atoms with van der Waals surface area (Å²) in [6.45, 7) is 1.87. The summed E-state index contributed by atoms with van der Waals surface area (Å²) in [6.07, 6.45) is 0. The lowest BCUT2D eigenvalue weighted by molar-refractivity contribution is 0.592. The number of aryl methyl sites for hydroxylation is 1. The van der Waals surface area contributed by atoms with Gasteiger partial charge in [-0.15, -0.1) is 0 Å². The Bertz CT molecular complexity index is 453. The fourth-order valence-electron chi connectivity index (χ4n) is 0.928. The van der Waals surface area contributed by atoms with Crippen LogP contribution >= 0.6 is 12.2 Å². The van der Waals surface area contributed by atoms with Crippen LogP contribution in [0, 0.1) is 6.92 Å². The summed E-state index contributed by atoms with van der Waals surface area (Å²) >= 11 is 4.60. The summed E-state index contributed by atoms with van der Waals surface area (Å²) < 4.78 is 25.3. The number of nitrogens with two attached hydrogens (primary N) is 1. The van der Waals surface area contributed by atoms with Gasteiger partial charge in [-0.1, -0.05) is 17.7 Å². The summed E-state index contributed by atoms with van der Waals surface area (Å²) in [5.41, 5.74) is 3.02. The highest BCUT2D eigenvalue weighted by atomic mass is 32.2. The second-order valence-electron chi connectivity index (χ2n) is 2.89. The van der Waals surface area contributed by atoms with Gasteiger partial charge in [-0.05, 0) is 31.3 Å². The van der Waals surface area contributed by atoms with Gasteiger partial charge in [-0.25, -0.2) is 14.3 Å². The Morgan fingerprint density at radius 1 is 1.33 bits per heavy atom. The first-order valence-electron chi connectivity index (χ1n) is 4.06. The number of hydrogen-bond acceptors (Lipinski definition) is 4. The van der Waals surface area contributed by atoms with Gasteiger partial charge in [0.05, 0.1) is 4.90 Å². The van der Waals surface area contributed by atoms with Crippen molar-refractivity contribution in [3.05, 3.63) is 29.8 Å². The van der Waals surface area contributed by atoms with E-state index in [4.69, 9.17) is 5.84 Å². The molecule has 7 heteroatoms. The van der Waals surface area contributed by atoms with Crippen LogP contribution in [0.1, 0.15) is 5.56 Å². The molecule has 82 valence electrons. The molecule has 0 radical (unpaired) electrons.